The first-order chi connectivity index (χ1) is 5.83. The number of nitrogens with two attached hydrogens (primary N) is 1. The molecule has 0 radical (unpaired) electrons. The summed E-state index contributed by atoms with van der Waals surface area (Å²) in [5.41, 5.74) is 8.49. The van der Waals surface area contributed by atoms with Crippen LogP contribution in [-0.2, 0) is 6.54 Å². The van der Waals surface area contributed by atoms with Crippen LogP contribution in [0.25, 0.3) is 0 Å². The van der Waals surface area contributed by atoms with Gasteiger partial charge in [0.05, 0.1) is 0 Å². The van der Waals surface area contributed by atoms with E-state index in [1.165, 1.54) is 21.8 Å². The number of benzene rings is 1. The quantitative estimate of drug-likeness (QED) is 0.716. The van der Waals surface area contributed by atoms with Crippen LogP contribution in [0.4, 0.5) is 0 Å². The Labute approximate surface area is 77.3 Å². The lowest BCUT2D eigenvalue weighted by Crippen LogP contribution is -2.02. The molecule has 2 heteroatoms. The van der Waals surface area contributed by atoms with E-state index in [4.69, 9.17) is 5.73 Å². The number of rotatable bonds is 1. The maximum atomic E-state index is 5.68. The third kappa shape index (κ3) is 1.15. The third-order valence-electron chi connectivity index (χ3n) is 2.36. The number of thioether (sulfide) groups is 1. The highest BCUT2D eigenvalue weighted by atomic mass is 32.2. The Bertz CT molecular complexity index is 296. The van der Waals surface area contributed by atoms with Gasteiger partial charge in [0.15, 0.2) is 0 Å². The van der Waals surface area contributed by atoms with Gasteiger partial charge < -0.3 is 5.73 Å². The molecule has 1 aromatic rings. The van der Waals surface area contributed by atoms with Crippen LogP contribution in [0.5, 0.6) is 0 Å². The summed E-state index contributed by atoms with van der Waals surface area (Å²) < 4.78 is 0. The highest BCUT2D eigenvalue weighted by Gasteiger charge is 2.21. The van der Waals surface area contributed by atoms with E-state index in [0.29, 0.717) is 12.5 Å². The van der Waals surface area contributed by atoms with Crippen LogP contribution in [0.2, 0.25) is 0 Å². The van der Waals surface area contributed by atoms with E-state index in [0.717, 1.165) is 0 Å². The number of hydrogen-bond acceptors (Lipinski definition) is 2. The second-order valence-corrected chi connectivity index (χ2v) is 4.31. The summed E-state index contributed by atoms with van der Waals surface area (Å²) in [6.45, 7) is 2.95. The number of fused-ring (bicyclic) bond motifs is 1. The molecule has 0 saturated carbocycles. The van der Waals surface area contributed by atoms with Gasteiger partial charge in [-0.15, -0.1) is 11.8 Å². The predicted octanol–water partition coefficient (Wildman–Crippen LogP) is 2.35. The maximum absolute atomic E-state index is 5.68. The molecule has 2 rings (SSSR count). The fourth-order valence-electron chi connectivity index (χ4n) is 1.75. The van der Waals surface area contributed by atoms with Crippen molar-refractivity contribution in [3.05, 3.63) is 29.3 Å². The molecule has 1 nitrogen and oxygen atoms in total. The third-order valence-corrected chi connectivity index (χ3v) is 3.69. The maximum Gasteiger partial charge on any atom is 0.0181 e. The molecule has 0 spiro atoms. The van der Waals surface area contributed by atoms with Crippen LogP contribution in [0.1, 0.15) is 24.0 Å². The Morgan fingerprint density at radius 2 is 2.42 bits per heavy atom. The van der Waals surface area contributed by atoms with Crippen LogP contribution >= 0.6 is 11.8 Å². The van der Waals surface area contributed by atoms with E-state index in [-0.39, 0.29) is 0 Å². The molecule has 0 aliphatic carbocycles. The molecule has 2 N–H and O–H groups in total. The largest absolute Gasteiger partial charge is 0.326 e. The van der Waals surface area contributed by atoms with Crippen molar-refractivity contribution in [1.29, 1.82) is 0 Å². The van der Waals surface area contributed by atoms with Gasteiger partial charge >= 0.3 is 0 Å². The molecule has 1 unspecified atom stereocenters. The van der Waals surface area contributed by atoms with Crippen molar-refractivity contribution < 1.29 is 0 Å². The molecule has 1 atom stereocenters. The number of hydrogen-bond donors (Lipinski definition) is 1. The Morgan fingerprint density at radius 3 is 3.17 bits per heavy atom. The molecule has 1 aliphatic heterocycles. The molecular formula is C10H13NS. The zero-order valence-corrected chi connectivity index (χ0v) is 8.03. The van der Waals surface area contributed by atoms with Crippen molar-refractivity contribution in [2.45, 2.75) is 24.3 Å². The van der Waals surface area contributed by atoms with E-state index in [2.05, 4.69) is 25.1 Å². The van der Waals surface area contributed by atoms with Crippen LogP contribution in [0.3, 0.4) is 0 Å². The monoisotopic (exact) mass is 179 g/mol. The van der Waals surface area contributed by atoms with Crippen molar-refractivity contribution in [2.24, 2.45) is 5.73 Å². The van der Waals surface area contributed by atoms with Crippen molar-refractivity contribution in [3.8, 4) is 0 Å². The summed E-state index contributed by atoms with van der Waals surface area (Å²) in [6, 6.07) is 6.44. The molecule has 64 valence electrons. The summed E-state index contributed by atoms with van der Waals surface area (Å²) in [7, 11) is 0. The topological polar surface area (TPSA) is 26.0 Å². The van der Waals surface area contributed by atoms with Gasteiger partial charge in [0.1, 0.15) is 0 Å². The van der Waals surface area contributed by atoms with Crippen molar-refractivity contribution >= 4 is 11.8 Å². The molecule has 0 amide bonds. The molecular weight excluding hydrogens is 166 g/mol. The van der Waals surface area contributed by atoms with Crippen LogP contribution < -0.4 is 5.73 Å². The molecule has 1 aliphatic rings. The predicted molar refractivity (Wildman–Crippen MR) is 53.5 cm³/mol. The van der Waals surface area contributed by atoms with Crippen molar-refractivity contribution in [1.82, 2.24) is 0 Å². The van der Waals surface area contributed by atoms with E-state index < -0.39 is 0 Å². The van der Waals surface area contributed by atoms with Crippen LogP contribution in [-0.4, -0.2) is 5.75 Å². The molecule has 0 fully saturated rings. The normalized spacial score (nSPS) is 21.0. The summed E-state index contributed by atoms with van der Waals surface area (Å²) in [4.78, 5) is 1.44. The highest BCUT2D eigenvalue weighted by molar-refractivity contribution is 7.99. The average molecular weight is 179 g/mol. The molecule has 0 bridgehead atoms. The van der Waals surface area contributed by atoms with Crippen LogP contribution in [0.15, 0.2) is 23.1 Å². The first-order valence-corrected chi connectivity index (χ1v) is 5.26. The van der Waals surface area contributed by atoms with Gasteiger partial charge in [-0.25, -0.2) is 0 Å². The molecule has 1 aromatic carbocycles. The molecule has 12 heavy (non-hydrogen) atoms. The van der Waals surface area contributed by atoms with Gasteiger partial charge in [-0.05, 0) is 23.1 Å². The highest BCUT2D eigenvalue weighted by Crippen LogP contribution is 2.40. The lowest BCUT2D eigenvalue weighted by atomic mass is 9.97. The Balaban J connectivity index is 2.53. The Hall–Kier alpha value is -0.470. The lowest BCUT2D eigenvalue weighted by molar-refractivity contribution is 0.850. The Kier molecular flexibility index (Phi) is 2.11. The van der Waals surface area contributed by atoms with Gasteiger partial charge in [0, 0.05) is 17.2 Å². The standard InChI is InChI=1S/C10H13NS/c1-7-6-12-9-4-2-3-8(5-11)10(7)9/h2-4,7H,5-6,11H2,1H3. The zero-order valence-electron chi connectivity index (χ0n) is 7.21. The minimum absolute atomic E-state index is 0.675. The fourth-order valence-corrected chi connectivity index (χ4v) is 3.01. The van der Waals surface area contributed by atoms with Gasteiger partial charge in [-0.2, -0.15) is 0 Å². The van der Waals surface area contributed by atoms with E-state index in [9.17, 15) is 0 Å². The smallest absolute Gasteiger partial charge is 0.0181 e. The van der Waals surface area contributed by atoms with Gasteiger partial charge in [-0.1, -0.05) is 19.1 Å². The fraction of sp³-hybridized carbons (Fsp3) is 0.400. The first kappa shape index (κ1) is 8.14. The van der Waals surface area contributed by atoms with E-state index in [1.807, 2.05) is 11.8 Å². The first-order valence-electron chi connectivity index (χ1n) is 4.27. The molecule has 0 aromatic heterocycles. The average Bonchev–Trinajstić information content (AvgIpc) is 2.48. The van der Waals surface area contributed by atoms with Gasteiger partial charge in [0.25, 0.3) is 0 Å². The molecule has 0 saturated heterocycles. The molecule has 1 heterocycles. The van der Waals surface area contributed by atoms with Crippen molar-refractivity contribution in [2.75, 3.05) is 5.75 Å². The second kappa shape index (κ2) is 3.11. The van der Waals surface area contributed by atoms with E-state index >= 15 is 0 Å². The lowest BCUT2D eigenvalue weighted by Gasteiger charge is -2.08. The minimum Gasteiger partial charge on any atom is -0.326 e. The summed E-state index contributed by atoms with van der Waals surface area (Å²) in [5.74, 6) is 1.90. The Morgan fingerprint density at radius 1 is 1.58 bits per heavy atom. The van der Waals surface area contributed by atoms with Gasteiger partial charge in [0.2, 0.25) is 0 Å². The summed E-state index contributed by atoms with van der Waals surface area (Å²) >= 11 is 1.95. The summed E-state index contributed by atoms with van der Waals surface area (Å²) in [6.07, 6.45) is 0. The van der Waals surface area contributed by atoms with Crippen LogP contribution in [0, 0.1) is 0 Å². The van der Waals surface area contributed by atoms with E-state index in [1.54, 1.807) is 0 Å². The minimum atomic E-state index is 0.675. The van der Waals surface area contributed by atoms with Gasteiger partial charge in [-0.3, -0.25) is 0 Å². The van der Waals surface area contributed by atoms with Crippen molar-refractivity contribution in [3.63, 3.8) is 0 Å². The second-order valence-electron chi connectivity index (χ2n) is 3.25. The summed E-state index contributed by atoms with van der Waals surface area (Å²) in [5, 5.41) is 0. The zero-order chi connectivity index (χ0) is 8.55. The SMILES string of the molecule is CC1CSc2cccc(CN)c21.